The van der Waals surface area contributed by atoms with E-state index in [0.29, 0.717) is 16.0 Å². The van der Waals surface area contributed by atoms with Gasteiger partial charge in [-0.1, -0.05) is 29.3 Å². The monoisotopic (exact) mass is 362 g/mol. The second-order valence-corrected chi connectivity index (χ2v) is 6.90. The average molecular weight is 364 g/mol. The van der Waals surface area contributed by atoms with E-state index in [2.05, 4.69) is 10.6 Å². The van der Waals surface area contributed by atoms with Crippen molar-refractivity contribution in [1.82, 2.24) is 10.6 Å². The van der Waals surface area contributed by atoms with Crippen molar-refractivity contribution < 1.29 is 4.79 Å². The number of halogens is 3. The lowest BCUT2D eigenvalue weighted by Crippen LogP contribution is -2.28. The van der Waals surface area contributed by atoms with Crippen LogP contribution in [0.1, 0.15) is 30.7 Å². The van der Waals surface area contributed by atoms with Crippen LogP contribution in [0.4, 0.5) is 0 Å². The lowest BCUT2D eigenvalue weighted by molar-refractivity contribution is -0.122. The van der Waals surface area contributed by atoms with E-state index >= 15 is 0 Å². The van der Waals surface area contributed by atoms with Gasteiger partial charge in [0.2, 0.25) is 5.91 Å². The van der Waals surface area contributed by atoms with Crippen molar-refractivity contribution in [2.75, 3.05) is 19.6 Å². The van der Waals surface area contributed by atoms with Gasteiger partial charge in [-0.3, -0.25) is 4.79 Å². The Labute approximate surface area is 147 Å². The molecule has 1 saturated carbocycles. The van der Waals surface area contributed by atoms with Crippen LogP contribution in [0, 0.1) is 11.8 Å². The summed E-state index contributed by atoms with van der Waals surface area (Å²) in [5, 5.41) is 7.71. The first kappa shape index (κ1) is 17.9. The van der Waals surface area contributed by atoms with E-state index in [0.717, 1.165) is 38.0 Å². The van der Waals surface area contributed by atoms with Crippen LogP contribution in [-0.4, -0.2) is 25.5 Å². The number of nitrogens with one attached hydrogen (secondary N) is 2. The van der Waals surface area contributed by atoms with Crippen molar-refractivity contribution in [3.63, 3.8) is 0 Å². The third kappa shape index (κ3) is 4.29. The molecule has 22 heavy (non-hydrogen) atoms. The van der Waals surface area contributed by atoms with Crippen molar-refractivity contribution in [3.05, 3.63) is 33.8 Å². The quantitative estimate of drug-likeness (QED) is 0.838. The first-order valence-electron chi connectivity index (χ1n) is 7.58. The molecule has 2 aliphatic rings. The van der Waals surface area contributed by atoms with E-state index < -0.39 is 0 Å². The molecule has 3 atom stereocenters. The van der Waals surface area contributed by atoms with Crippen LogP contribution in [0.25, 0.3) is 0 Å². The maximum atomic E-state index is 12.1. The number of amides is 1. The summed E-state index contributed by atoms with van der Waals surface area (Å²) in [4.78, 5) is 12.1. The van der Waals surface area contributed by atoms with Gasteiger partial charge in [-0.25, -0.2) is 0 Å². The number of carbonyl (C=O) groups is 1. The molecular formula is C16H21Cl3N2O. The van der Waals surface area contributed by atoms with Crippen molar-refractivity contribution in [2.45, 2.75) is 25.2 Å². The van der Waals surface area contributed by atoms with Gasteiger partial charge in [0.25, 0.3) is 0 Å². The summed E-state index contributed by atoms with van der Waals surface area (Å²) in [5.74, 6) is 1.20. The molecule has 3 nitrogen and oxygen atoms in total. The third-order valence-electron chi connectivity index (χ3n) is 4.50. The third-order valence-corrected chi connectivity index (χ3v) is 5.07. The normalized spacial score (nSPS) is 26.4. The SMILES string of the molecule is Cl.O=C(NCCC1CCNC1)C1CC1c1ccc(Cl)cc1Cl. The molecule has 1 amide bonds. The Morgan fingerprint density at radius 3 is 2.86 bits per heavy atom. The molecule has 3 rings (SSSR count). The largest absolute Gasteiger partial charge is 0.356 e. The number of benzene rings is 1. The van der Waals surface area contributed by atoms with Gasteiger partial charge in [0, 0.05) is 22.5 Å². The molecule has 1 aliphatic carbocycles. The van der Waals surface area contributed by atoms with Crippen LogP contribution < -0.4 is 10.6 Å². The zero-order valence-electron chi connectivity index (χ0n) is 12.3. The molecule has 3 unspecified atom stereocenters. The average Bonchev–Trinajstić information content (AvgIpc) is 3.06. The number of carbonyl (C=O) groups excluding carboxylic acids is 1. The van der Waals surface area contributed by atoms with E-state index in [9.17, 15) is 4.79 Å². The molecule has 0 aromatic heterocycles. The van der Waals surface area contributed by atoms with E-state index in [1.54, 1.807) is 6.07 Å². The molecule has 0 bridgehead atoms. The predicted octanol–water partition coefficient (Wildman–Crippen LogP) is 3.63. The fourth-order valence-corrected chi connectivity index (χ4v) is 3.67. The summed E-state index contributed by atoms with van der Waals surface area (Å²) in [6, 6.07) is 5.52. The van der Waals surface area contributed by atoms with E-state index in [1.165, 1.54) is 6.42 Å². The van der Waals surface area contributed by atoms with Crippen LogP contribution in [0.5, 0.6) is 0 Å². The minimum absolute atomic E-state index is 0. The lowest BCUT2D eigenvalue weighted by atomic mass is 10.1. The van der Waals surface area contributed by atoms with Crippen molar-refractivity contribution >= 4 is 41.5 Å². The highest BCUT2D eigenvalue weighted by Crippen LogP contribution is 2.50. The van der Waals surface area contributed by atoms with Gasteiger partial charge in [0.05, 0.1) is 0 Å². The Balaban J connectivity index is 0.00000176. The van der Waals surface area contributed by atoms with E-state index in [-0.39, 0.29) is 30.2 Å². The highest BCUT2D eigenvalue weighted by Gasteiger charge is 2.44. The Bertz CT molecular complexity index is 532. The Kier molecular flexibility index (Phi) is 6.39. The predicted molar refractivity (Wildman–Crippen MR) is 93.2 cm³/mol. The molecule has 1 heterocycles. The first-order chi connectivity index (χ1) is 10.1. The van der Waals surface area contributed by atoms with Crippen LogP contribution in [-0.2, 0) is 4.79 Å². The van der Waals surface area contributed by atoms with Gasteiger partial charge in [-0.05, 0) is 61.9 Å². The number of hydrogen-bond donors (Lipinski definition) is 2. The van der Waals surface area contributed by atoms with Gasteiger partial charge in [-0.15, -0.1) is 12.4 Å². The van der Waals surface area contributed by atoms with Gasteiger partial charge in [0.1, 0.15) is 0 Å². The van der Waals surface area contributed by atoms with Crippen LogP contribution in [0.15, 0.2) is 18.2 Å². The molecule has 2 fully saturated rings. The highest BCUT2D eigenvalue weighted by atomic mass is 35.5. The summed E-state index contributed by atoms with van der Waals surface area (Å²) >= 11 is 12.1. The number of hydrogen-bond acceptors (Lipinski definition) is 2. The maximum absolute atomic E-state index is 12.1. The fraction of sp³-hybridized carbons (Fsp3) is 0.562. The standard InChI is InChI=1S/C16H20Cl2N2O.ClH/c17-11-1-2-12(15(18)7-11)13-8-14(13)16(21)20-6-4-10-3-5-19-9-10;/h1-2,7,10,13-14,19H,3-6,8-9H2,(H,20,21);1H. The van der Waals surface area contributed by atoms with Gasteiger partial charge in [-0.2, -0.15) is 0 Å². The molecule has 1 aromatic rings. The lowest BCUT2D eigenvalue weighted by Gasteiger charge is -2.09. The highest BCUT2D eigenvalue weighted by molar-refractivity contribution is 6.35. The summed E-state index contributed by atoms with van der Waals surface area (Å²) in [6.07, 6.45) is 3.18. The molecule has 1 saturated heterocycles. The summed E-state index contributed by atoms with van der Waals surface area (Å²) in [7, 11) is 0. The van der Waals surface area contributed by atoms with Gasteiger partial charge in [0.15, 0.2) is 0 Å². The van der Waals surface area contributed by atoms with Crippen LogP contribution in [0.3, 0.4) is 0 Å². The van der Waals surface area contributed by atoms with Gasteiger partial charge < -0.3 is 10.6 Å². The molecule has 1 aromatic carbocycles. The second kappa shape index (κ2) is 7.87. The smallest absolute Gasteiger partial charge is 0.223 e. The van der Waals surface area contributed by atoms with Crippen molar-refractivity contribution in [2.24, 2.45) is 11.8 Å². The summed E-state index contributed by atoms with van der Waals surface area (Å²) < 4.78 is 0. The Hall–Kier alpha value is -0.480. The molecule has 0 spiro atoms. The molecule has 6 heteroatoms. The second-order valence-electron chi connectivity index (χ2n) is 6.05. The number of rotatable bonds is 5. The summed E-state index contributed by atoms with van der Waals surface area (Å²) in [5.41, 5.74) is 1.04. The molecule has 122 valence electrons. The van der Waals surface area contributed by atoms with E-state index in [4.69, 9.17) is 23.2 Å². The molecule has 0 radical (unpaired) electrons. The molecule has 1 aliphatic heterocycles. The fourth-order valence-electron chi connectivity index (χ4n) is 3.12. The van der Waals surface area contributed by atoms with Crippen molar-refractivity contribution in [3.8, 4) is 0 Å². The van der Waals surface area contributed by atoms with Crippen molar-refractivity contribution in [1.29, 1.82) is 0 Å². The van der Waals surface area contributed by atoms with Crippen LogP contribution in [0.2, 0.25) is 10.0 Å². The minimum atomic E-state index is 0. The minimum Gasteiger partial charge on any atom is -0.356 e. The first-order valence-corrected chi connectivity index (χ1v) is 8.34. The van der Waals surface area contributed by atoms with Gasteiger partial charge >= 0.3 is 0 Å². The maximum Gasteiger partial charge on any atom is 0.223 e. The van der Waals surface area contributed by atoms with Crippen LogP contribution >= 0.6 is 35.6 Å². The Morgan fingerprint density at radius 2 is 2.18 bits per heavy atom. The zero-order valence-corrected chi connectivity index (χ0v) is 14.6. The molecule has 2 N–H and O–H groups in total. The zero-order chi connectivity index (χ0) is 14.8. The molecular weight excluding hydrogens is 343 g/mol. The summed E-state index contributed by atoms with van der Waals surface area (Å²) in [6.45, 7) is 2.98. The van der Waals surface area contributed by atoms with E-state index in [1.807, 2.05) is 12.1 Å². The topological polar surface area (TPSA) is 41.1 Å². The Morgan fingerprint density at radius 1 is 1.36 bits per heavy atom.